The van der Waals surface area contributed by atoms with E-state index in [0.717, 1.165) is 24.8 Å². The quantitative estimate of drug-likeness (QED) is 0.580. The van der Waals surface area contributed by atoms with E-state index in [-0.39, 0.29) is 0 Å². The predicted molar refractivity (Wildman–Crippen MR) is 63.9 cm³/mol. The first-order valence-corrected chi connectivity index (χ1v) is 5.61. The Bertz CT molecular complexity index is 458. The number of terminal acetylenes is 1. The van der Waals surface area contributed by atoms with Gasteiger partial charge < -0.3 is 9.97 Å². The molecule has 0 radical (unpaired) electrons. The van der Waals surface area contributed by atoms with Gasteiger partial charge >= 0.3 is 0 Å². The van der Waals surface area contributed by atoms with Crippen LogP contribution in [0.5, 0.6) is 0 Å². The van der Waals surface area contributed by atoms with Crippen LogP contribution in [0.15, 0.2) is 17.8 Å². The lowest BCUT2D eigenvalue weighted by molar-refractivity contribution is 0.468. The molecule has 78 valence electrons. The third-order valence-electron chi connectivity index (χ3n) is 2.87. The first-order chi connectivity index (χ1) is 7.28. The van der Waals surface area contributed by atoms with E-state index >= 15 is 0 Å². The molecule has 0 saturated carbocycles. The SMILES string of the molecule is C#CC1=CCC(Cc2c[nH]c(=S)[nH]2)CC1. The van der Waals surface area contributed by atoms with E-state index in [0.29, 0.717) is 10.7 Å². The summed E-state index contributed by atoms with van der Waals surface area (Å²) >= 11 is 4.99. The Morgan fingerprint density at radius 1 is 1.60 bits per heavy atom. The Hall–Kier alpha value is -1.27. The largest absolute Gasteiger partial charge is 0.337 e. The zero-order valence-electron chi connectivity index (χ0n) is 8.55. The molecule has 1 aliphatic rings. The van der Waals surface area contributed by atoms with E-state index in [1.54, 1.807) is 0 Å². The lowest BCUT2D eigenvalue weighted by Crippen LogP contribution is -2.08. The molecule has 3 heteroatoms. The number of aromatic nitrogens is 2. The lowest BCUT2D eigenvalue weighted by Gasteiger charge is -2.18. The number of hydrogen-bond acceptors (Lipinski definition) is 1. The Labute approximate surface area is 94.8 Å². The third-order valence-corrected chi connectivity index (χ3v) is 3.08. The molecule has 1 aliphatic carbocycles. The third kappa shape index (κ3) is 2.60. The van der Waals surface area contributed by atoms with Crippen molar-refractivity contribution in [3.8, 4) is 12.3 Å². The number of allylic oxidation sites excluding steroid dienone is 2. The number of hydrogen-bond donors (Lipinski definition) is 2. The fraction of sp³-hybridized carbons (Fsp3) is 0.417. The molecule has 0 aliphatic heterocycles. The molecule has 1 aromatic rings. The highest BCUT2D eigenvalue weighted by molar-refractivity contribution is 7.71. The molecule has 0 bridgehead atoms. The van der Waals surface area contributed by atoms with Crippen molar-refractivity contribution in [3.05, 3.63) is 28.3 Å². The number of rotatable bonds is 2. The Balaban J connectivity index is 1.96. The van der Waals surface area contributed by atoms with Gasteiger partial charge in [0.1, 0.15) is 0 Å². The van der Waals surface area contributed by atoms with Crippen molar-refractivity contribution in [2.45, 2.75) is 25.7 Å². The fourth-order valence-corrected chi connectivity index (χ4v) is 2.19. The maximum atomic E-state index is 5.36. The molecule has 1 unspecified atom stereocenters. The molecule has 2 nitrogen and oxygen atoms in total. The molecular formula is C12H14N2S. The highest BCUT2D eigenvalue weighted by atomic mass is 32.1. The monoisotopic (exact) mass is 218 g/mol. The van der Waals surface area contributed by atoms with Crippen molar-refractivity contribution in [3.63, 3.8) is 0 Å². The minimum Gasteiger partial charge on any atom is -0.337 e. The van der Waals surface area contributed by atoms with Crippen LogP contribution in [0.2, 0.25) is 0 Å². The Kier molecular flexibility index (Phi) is 3.08. The van der Waals surface area contributed by atoms with Gasteiger partial charge in [0.25, 0.3) is 0 Å². The van der Waals surface area contributed by atoms with Crippen molar-refractivity contribution in [1.29, 1.82) is 0 Å². The molecular weight excluding hydrogens is 204 g/mol. The molecule has 0 amide bonds. The molecule has 2 rings (SSSR count). The lowest BCUT2D eigenvalue weighted by atomic mass is 9.87. The summed E-state index contributed by atoms with van der Waals surface area (Å²) in [6.07, 6.45) is 13.9. The summed E-state index contributed by atoms with van der Waals surface area (Å²) in [7, 11) is 0. The average Bonchev–Trinajstić information content (AvgIpc) is 2.65. The second-order valence-electron chi connectivity index (χ2n) is 3.99. The van der Waals surface area contributed by atoms with Gasteiger partial charge in [0, 0.05) is 11.9 Å². The summed E-state index contributed by atoms with van der Waals surface area (Å²) in [6, 6.07) is 0. The maximum Gasteiger partial charge on any atom is 0.174 e. The van der Waals surface area contributed by atoms with Gasteiger partial charge in [-0.1, -0.05) is 12.0 Å². The van der Waals surface area contributed by atoms with E-state index in [2.05, 4.69) is 22.0 Å². The van der Waals surface area contributed by atoms with Crippen LogP contribution in [0.25, 0.3) is 0 Å². The minimum absolute atomic E-state index is 0.698. The van der Waals surface area contributed by atoms with Crippen molar-refractivity contribution < 1.29 is 0 Å². The van der Waals surface area contributed by atoms with Gasteiger partial charge in [0.2, 0.25) is 0 Å². The van der Waals surface area contributed by atoms with E-state index in [1.807, 2.05) is 6.20 Å². The second kappa shape index (κ2) is 4.50. The van der Waals surface area contributed by atoms with Crippen LogP contribution < -0.4 is 0 Å². The minimum atomic E-state index is 0.698. The van der Waals surface area contributed by atoms with E-state index in [4.69, 9.17) is 18.6 Å². The second-order valence-corrected chi connectivity index (χ2v) is 4.39. The van der Waals surface area contributed by atoms with Crippen molar-refractivity contribution in [1.82, 2.24) is 9.97 Å². The smallest absolute Gasteiger partial charge is 0.174 e. The average molecular weight is 218 g/mol. The highest BCUT2D eigenvalue weighted by Gasteiger charge is 2.14. The number of nitrogens with one attached hydrogen (secondary N) is 2. The van der Waals surface area contributed by atoms with Crippen molar-refractivity contribution in [2.75, 3.05) is 0 Å². The fourth-order valence-electron chi connectivity index (χ4n) is 2.00. The van der Waals surface area contributed by atoms with Gasteiger partial charge in [0.15, 0.2) is 4.77 Å². The highest BCUT2D eigenvalue weighted by Crippen LogP contribution is 2.25. The van der Waals surface area contributed by atoms with Crippen molar-refractivity contribution in [2.24, 2.45) is 5.92 Å². The topological polar surface area (TPSA) is 31.6 Å². The molecule has 0 spiro atoms. The summed E-state index contributed by atoms with van der Waals surface area (Å²) < 4.78 is 0.709. The van der Waals surface area contributed by atoms with Gasteiger partial charge in [-0.05, 0) is 49.4 Å². The van der Waals surface area contributed by atoms with Gasteiger partial charge in [-0.25, -0.2) is 0 Å². The van der Waals surface area contributed by atoms with Crippen LogP contribution in [-0.4, -0.2) is 9.97 Å². The van der Waals surface area contributed by atoms with Crippen LogP contribution in [0, 0.1) is 23.0 Å². The number of H-pyrrole nitrogens is 2. The van der Waals surface area contributed by atoms with Crippen molar-refractivity contribution >= 4 is 12.2 Å². The summed E-state index contributed by atoms with van der Waals surface area (Å²) in [5.41, 5.74) is 2.36. The summed E-state index contributed by atoms with van der Waals surface area (Å²) in [6.45, 7) is 0. The molecule has 15 heavy (non-hydrogen) atoms. The molecule has 0 saturated heterocycles. The first kappa shape index (κ1) is 10.3. The van der Waals surface area contributed by atoms with Gasteiger partial charge in [-0.15, -0.1) is 6.42 Å². The molecule has 1 aromatic heterocycles. The van der Waals surface area contributed by atoms with E-state index < -0.39 is 0 Å². The Morgan fingerprint density at radius 3 is 3.00 bits per heavy atom. The van der Waals surface area contributed by atoms with Crippen LogP contribution in [0.4, 0.5) is 0 Å². The molecule has 0 fully saturated rings. The zero-order chi connectivity index (χ0) is 10.7. The summed E-state index contributed by atoms with van der Waals surface area (Å²) in [4.78, 5) is 6.14. The standard InChI is InChI=1S/C12H14N2S/c1-2-9-3-5-10(6-4-9)7-11-8-13-12(15)14-11/h1,3,8,10H,4-7H2,(H2,13,14,15). The van der Waals surface area contributed by atoms with Crippen LogP contribution >= 0.6 is 12.2 Å². The summed E-state index contributed by atoms with van der Waals surface area (Å²) in [5.74, 6) is 3.42. The van der Waals surface area contributed by atoms with Crippen LogP contribution in [0.3, 0.4) is 0 Å². The number of imidazole rings is 1. The normalized spacial score (nSPS) is 20.7. The van der Waals surface area contributed by atoms with Crippen LogP contribution in [0.1, 0.15) is 25.0 Å². The van der Waals surface area contributed by atoms with Gasteiger partial charge in [-0.2, -0.15) is 0 Å². The van der Waals surface area contributed by atoms with E-state index in [9.17, 15) is 0 Å². The van der Waals surface area contributed by atoms with Crippen LogP contribution in [-0.2, 0) is 6.42 Å². The molecule has 0 aromatic carbocycles. The molecule has 2 N–H and O–H groups in total. The van der Waals surface area contributed by atoms with E-state index in [1.165, 1.54) is 12.1 Å². The number of aromatic amines is 2. The Morgan fingerprint density at radius 2 is 2.47 bits per heavy atom. The maximum absolute atomic E-state index is 5.36. The predicted octanol–water partition coefficient (Wildman–Crippen LogP) is 2.97. The zero-order valence-corrected chi connectivity index (χ0v) is 9.36. The molecule has 1 atom stereocenters. The molecule has 1 heterocycles. The summed E-state index contributed by atoms with van der Waals surface area (Å²) in [5, 5.41) is 0. The van der Waals surface area contributed by atoms with Gasteiger partial charge in [0.05, 0.1) is 0 Å². The van der Waals surface area contributed by atoms with Gasteiger partial charge in [-0.3, -0.25) is 0 Å². The first-order valence-electron chi connectivity index (χ1n) is 5.20.